The number of ether oxygens (including phenoxy) is 1. The summed E-state index contributed by atoms with van der Waals surface area (Å²) < 4.78 is 5.47. The van der Waals surface area contributed by atoms with Crippen LogP contribution in [0.3, 0.4) is 0 Å². The van der Waals surface area contributed by atoms with Crippen LogP contribution in [0.1, 0.15) is 19.3 Å². The molecule has 212 valence electrons. The third kappa shape index (κ3) is 7.97. The van der Waals surface area contributed by atoms with Gasteiger partial charge in [0.15, 0.2) is 5.16 Å². The van der Waals surface area contributed by atoms with Gasteiger partial charge in [0, 0.05) is 56.7 Å². The number of likely N-dealkylation sites (tertiary alicyclic amines) is 1. The van der Waals surface area contributed by atoms with E-state index in [1.165, 1.54) is 43.4 Å². The number of nitrogens with one attached hydrogen (secondary N) is 2. The molecule has 0 bridgehead atoms. The summed E-state index contributed by atoms with van der Waals surface area (Å²) in [6.45, 7) is 11.2. The molecule has 39 heavy (non-hydrogen) atoms. The van der Waals surface area contributed by atoms with E-state index in [1.807, 2.05) is 17.2 Å². The lowest BCUT2D eigenvalue weighted by Gasteiger charge is -2.35. The Morgan fingerprint density at radius 1 is 0.949 bits per heavy atom. The second-order valence-electron chi connectivity index (χ2n) is 10.3. The molecule has 1 amide bonds. The molecule has 0 unspecified atom stereocenters. The number of piperazine rings is 1. The molecule has 5 rings (SSSR count). The van der Waals surface area contributed by atoms with E-state index >= 15 is 0 Å². The average molecular weight is 555 g/mol. The number of hydrogen-bond donors (Lipinski definition) is 2. The normalized spacial score (nSPS) is 18.5. The molecule has 0 saturated carbocycles. The predicted octanol–water partition coefficient (Wildman–Crippen LogP) is 2.50. The maximum atomic E-state index is 12.7. The number of nitrogens with zero attached hydrogens (tertiary/aromatic N) is 6. The fourth-order valence-electron chi connectivity index (χ4n) is 5.38. The number of hydrogen-bond acceptors (Lipinski definition) is 10. The van der Waals surface area contributed by atoms with E-state index in [9.17, 15) is 4.79 Å². The number of carbonyl (C=O) groups excluding carboxylic acids is 1. The van der Waals surface area contributed by atoms with Crippen LogP contribution in [0.5, 0.6) is 0 Å². The molecule has 1 aromatic carbocycles. The van der Waals surface area contributed by atoms with Crippen molar-refractivity contribution in [2.75, 3.05) is 107 Å². The van der Waals surface area contributed by atoms with Gasteiger partial charge in [0.1, 0.15) is 11.6 Å². The zero-order valence-corrected chi connectivity index (χ0v) is 23.9. The van der Waals surface area contributed by atoms with E-state index < -0.39 is 0 Å². The highest BCUT2D eigenvalue weighted by Crippen LogP contribution is 2.26. The minimum atomic E-state index is 0.186. The van der Waals surface area contributed by atoms with Crippen molar-refractivity contribution in [3.05, 3.63) is 30.3 Å². The van der Waals surface area contributed by atoms with E-state index in [-0.39, 0.29) is 5.91 Å². The second kappa shape index (κ2) is 14.2. The van der Waals surface area contributed by atoms with Gasteiger partial charge in [-0.05, 0) is 76.0 Å². The number of anilines is 4. The number of rotatable bonds is 11. The number of morpholine rings is 1. The van der Waals surface area contributed by atoms with Crippen molar-refractivity contribution in [3.63, 3.8) is 0 Å². The van der Waals surface area contributed by atoms with Gasteiger partial charge in [-0.3, -0.25) is 4.79 Å². The monoisotopic (exact) mass is 554 g/mol. The zero-order valence-electron chi connectivity index (χ0n) is 23.1. The van der Waals surface area contributed by atoms with E-state index in [0.29, 0.717) is 19.6 Å². The Bertz CT molecular complexity index is 1050. The van der Waals surface area contributed by atoms with Crippen LogP contribution in [0.15, 0.2) is 35.5 Å². The Hall–Kier alpha value is -2.60. The van der Waals surface area contributed by atoms with Crippen molar-refractivity contribution in [1.82, 2.24) is 25.1 Å². The molecule has 0 spiro atoms. The molecular formula is C28H42N8O2S. The van der Waals surface area contributed by atoms with Gasteiger partial charge in [-0.1, -0.05) is 11.8 Å². The zero-order chi connectivity index (χ0) is 26.9. The first-order chi connectivity index (χ1) is 19.2. The molecular weight excluding hydrogens is 512 g/mol. The summed E-state index contributed by atoms with van der Waals surface area (Å²) in [5.41, 5.74) is 2.20. The van der Waals surface area contributed by atoms with Gasteiger partial charge in [0.05, 0.1) is 19.8 Å². The van der Waals surface area contributed by atoms with E-state index in [4.69, 9.17) is 9.72 Å². The SMILES string of the molecule is CSc1nc(Nc2ccc(N3CCOCC3)cc2)cc(N2CCN(C(=O)CNCCCN3CCCC3)CC2)n1. The van der Waals surface area contributed by atoms with Crippen LogP contribution < -0.4 is 20.4 Å². The number of carbonyl (C=O) groups is 1. The van der Waals surface area contributed by atoms with E-state index in [1.54, 1.807) is 0 Å². The Labute approximate surface area is 236 Å². The summed E-state index contributed by atoms with van der Waals surface area (Å²) in [7, 11) is 0. The van der Waals surface area contributed by atoms with Crippen molar-refractivity contribution >= 4 is 40.7 Å². The van der Waals surface area contributed by atoms with Gasteiger partial charge < -0.3 is 35.0 Å². The summed E-state index contributed by atoms with van der Waals surface area (Å²) in [5.74, 6) is 1.86. The number of thioether (sulfide) groups is 1. The van der Waals surface area contributed by atoms with Crippen LogP contribution in [-0.4, -0.2) is 117 Å². The molecule has 3 aliphatic rings. The maximum Gasteiger partial charge on any atom is 0.236 e. The number of amides is 1. The van der Waals surface area contributed by atoms with Crippen molar-refractivity contribution in [1.29, 1.82) is 0 Å². The highest BCUT2D eigenvalue weighted by Gasteiger charge is 2.23. The number of benzene rings is 1. The van der Waals surface area contributed by atoms with Crippen LogP contribution in [0, 0.1) is 0 Å². The van der Waals surface area contributed by atoms with Gasteiger partial charge in [0.2, 0.25) is 5.91 Å². The lowest BCUT2D eigenvalue weighted by Crippen LogP contribution is -2.51. The number of aromatic nitrogens is 2. The molecule has 3 saturated heterocycles. The molecule has 0 radical (unpaired) electrons. The van der Waals surface area contributed by atoms with E-state index in [0.717, 1.165) is 81.4 Å². The fraction of sp³-hybridized carbons (Fsp3) is 0.607. The Kier molecular flexibility index (Phi) is 10.1. The van der Waals surface area contributed by atoms with Crippen molar-refractivity contribution in [2.24, 2.45) is 0 Å². The van der Waals surface area contributed by atoms with Gasteiger partial charge in [-0.2, -0.15) is 0 Å². The largest absolute Gasteiger partial charge is 0.378 e. The summed E-state index contributed by atoms with van der Waals surface area (Å²) >= 11 is 1.54. The van der Waals surface area contributed by atoms with Crippen LogP contribution in [-0.2, 0) is 9.53 Å². The molecule has 0 atom stereocenters. The molecule has 4 heterocycles. The molecule has 2 aromatic rings. The second-order valence-corrected chi connectivity index (χ2v) is 11.1. The summed E-state index contributed by atoms with van der Waals surface area (Å²) in [6.07, 6.45) is 5.75. The summed E-state index contributed by atoms with van der Waals surface area (Å²) in [5, 5.41) is 7.53. The highest BCUT2D eigenvalue weighted by atomic mass is 32.2. The summed E-state index contributed by atoms with van der Waals surface area (Å²) in [4.78, 5) is 31.3. The first-order valence-corrected chi connectivity index (χ1v) is 15.5. The van der Waals surface area contributed by atoms with Gasteiger partial charge in [-0.25, -0.2) is 9.97 Å². The fourth-order valence-corrected chi connectivity index (χ4v) is 5.76. The first-order valence-electron chi connectivity index (χ1n) is 14.3. The van der Waals surface area contributed by atoms with E-state index in [2.05, 4.69) is 54.6 Å². The Morgan fingerprint density at radius 3 is 2.41 bits per heavy atom. The van der Waals surface area contributed by atoms with Crippen molar-refractivity contribution in [3.8, 4) is 0 Å². The maximum absolute atomic E-state index is 12.7. The van der Waals surface area contributed by atoms with Gasteiger partial charge in [0.25, 0.3) is 0 Å². The van der Waals surface area contributed by atoms with Crippen LogP contribution in [0.2, 0.25) is 0 Å². The predicted molar refractivity (Wildman–Crippen MR) is 159 cm³/mol. The molecule has 2 N–H and O–H groups in total. The van der Waals surface area contributed by atoms with Crippen molar-refractivity contribution in [2.45, 2.75) is 24.4 Å². The molecule has 10 nitrogen and oxygen atoms in total. The average Bonchev–Trinajstić information content (AvgIpc) is 3.51. The minimum absolute atomic E-state index is 0.186. The molecule has 3 fully saturated rings. The smallest absolute Gasteiger partial charge is 0.236 e. The molecule has 11 heteroatoms. The van der Waals surface area contributed by atoms with Crippen LogP contribution in [0.4, 0.5) is 23.0 Å². The van der Waals surface area contributed by atoms with Crippen molar-refractivity contribution < 1.29 is 9.53 Å². The lowest BCUT2D eigenvalue weighted by molar-refractivity contribution is -0.130. The molecule has 1 aromatic heterocycles. The van der Waals surface area contributed by atoms with Gasteiger partial charge in [-0.15, -0.1) is 0 Å². The minimum Gasteiger partial charge on any atom is -0.378 e. The Morgan fingerprint density at radius 2 is 1.69 bits per heavy atom. The quantitative estimate of drug-likeness (QED) is 0.245. The topological polar surface area (TPSA) is 89.1 Å². The lowest BCUT2D eigenvalue weighted by atomic mass is 10.2. The third-order valence-electron chi connectivity index (χ3n) is 7.65. The highest BCUT2D eigenvalue weighted by molar-refractivity contribution is 7.98. The van der Waals surface area contributed by atoms with Crippen LogP contribution >= 0.6 is 11.8 Å². The Balaban J connectivity index is 1.10. The van der Waals surface area contributed by atoms with Gasteiger partial charge >= 0.3 is 0 Å². The summed E-state index contributed by atoms with van der Waals surface area (Å²) in [6, 6.07) is 10.5. The third-order valence-corrected chi connectivity index (χ3v) is 8.20. The first kappa shape index (κ1) is 27.9. The molecule has 3 aliphatic heterocycles. The standard InChI is InChI=1S/C28H42N8O2S/c1-39-28-31-25(30-23-5-7-24(8-6-23)34-17-19-38-20-18-34)21-26(32-28)35-13-15-36(16-14-35)27(37)22-29-9-4-12-33-10-2-3-11-33/h5-8,21,29H,2-4,9-20,22H2,1H3,(H,30,31,32). The van der Waals surface area contributed by atoms with Crippen LogP contribution in [0.25, 0.3) is 0 Å². The molecule has 0 aliphatic carbocycles.